The maximum Gasteiger partial charge on any atom is 0.322 e. The molecular formula is C24H20N6O5. The minimum absolute atomic E-state index is 0.116. The van der Waals surface area contributed by atoms with Crippen molar-refractivity contribution in [1.82, 2.24) is 30.3 Å². The van der Waals surface area contributed by atoms with E-state index in [0.717, 1.165) is 11.3 Å². The molecule has 2 aliphatic heterocycles. The number of amides is 4. The molecule has 2 N–H and O–H groups in total. The van der Waals surface area contributed by atoms with Gasteiger partial charge in [0, 0.05) is 31.4 Å². The molecule has 11 nitrogen and oxygen atoms in total. The van der Waals surface area contributed by atoms with Gasteiger partial charge < -0.3 is 19.4 Å². The Balaban J connectivity index is 1.39. The number of urea groups is 1. The number of imide groups is 1. The van der Waals surface area contributed by atoms with E-state index < -0.39 is 17.5 Å². The van der Waals surface area contributed by atoms with E-state index in [1.165, 1.54) is 12.0 Å². The van der Waals surface area contributed by atoms with Crippen molar-refractivity contribution >= 4 is 28.9 Å². The van der Waals surface area contributed by atoms with Crippen molar-refractivity contribution in [2.45, 2.75) is 12.1 Å². The Morgan fingerprint density at radius 3 is 2.71 bits per heavy atom. The Labute approximate surface area is 198 Å². The fourth-order valence-electron chi connectivity index (χ4n) is 4.64. The number of nitrogens with one attached hydrogen (secondary N) is 2. The highest BCUT2D eigenvalue weighted by molar-refractivity contribution is 6.08. The molecule has 1 fully saturated rings. The maximum atomic E-state index is 13.2. The second-order valence-electron chi connectivity index (χ2n) is 8.53. The van der Waals surface area contributed by atoms with Crippen molar-refractivity contribution in [2.75, 3.05) is 13.7 Å². The summed E-state index contributed by atoms with van der Waals surface area (Å²) in [5, 5.41) is 9.14. The Hall–Kier alpha value is -4.67. The van der Waals surface area contributed by atoms with Crippen LogP contribution in [-0.2, 0) is 23.9 Å². The number of hydrogen-bond donors (Lipinski definition) is 2. The minimum atomic E-state index is -1.60. The molecular weight excluding hydrogens is 452 g/mol. The zero-order valence-electron chi connectivity index (χ0n) is 18.9. The smallest absolute Gasteiger partial charge is 0.322 e. The van der Waals surface area contributed by atoms with E-state index in [9.17, 15) is 14.4 Å². The number of nitrogens with zero attached hydrogens (tertiary/aromatic N) is 4. The van der Waals surface area contributed by atoms with Gasteiger partial charge in [0.05, 0.1) is 25.0 Å². The van der Waals surface area contributed by atoms with Gasteiger partial charge in [0.2, 0.25) is 0 Å². The van der Waals surface area contributed by atoms with Crippen LogP contribution in [0.3, 0.4) is 0 Å². The normalized spacial score (nSPS) is 19.3. The average Bonchev–Trinajstić information content (AvgIpc) is 3.60. The number of fused-ring (bicyclic) bond motifs is 2. The Bertz CT molecular complexity index is 1540. The SMILES string of the molecule is COc1ccc2c(c1)C(=O)N(CC1(c3cc4nc(-c5ccnn5C)ccc4o3)NC(=O)NC1=O)C2. The van der Waals surface area contributed by atoms with Crippen molar-refractivity contribution in [2.24, 2.45) is 7.05 Å². The Morgan fingerprint density at radius 2 is 2.00 bits per heavy atom. The molecule has 1 unspecified atom stereocenters. The number of rotatable bonds is 5. The number of carbonyl (C=O) groups excluding carboxylic acids is 3. The van der Waals surface area contributed by atoms with Gasteiger partial charge in [-0.2, -0.15) is 5.10 Å². The third-order valence-corrected chi connectivity index (χ3v) is 6.44. The summed E-state index contributed by atoms with van der Waals surface area (Å²) in [6.07, 6.45) is 1.68. The third kappa shape index (κ3) is 3.15. The standard InChI is InChI=1S/C24H20N6O5/c1-29-18(7-8-25-29)16-5-6-19-17(26-16)10-20(35-19)24(22(32)27-23(33)28-24)12-30-11-13-3-4-14(34-2)9-15(13)21(30)31/h3-10H,11-12H2,1-2H3,(H2,27,28,32,33). The van der Waals surface area contributed by atoms with Crippen LogP contribution in [0.4, 0.5) is 4.79 Å². The zero-order chi connectivity index (χ0) is 24.3. The molecule has 176 valence electrons. The van der Waals surface area contributed by atoms with Crippen LogP contribution in [0.15, 0.2) is 53.1 Å². The van der Waals surface area contributed by atoms with Crippen molar-refractivity contribution in [1.29, 1.82) is 0 Å². The molecule has 11 heteroatoms. The summed E-state index contributed by atoms with van der Waals surface area (Å²) < 4.78 is 13.0. The summed E-state index contributed by atoms with van der Waals surface area (Å²) in [7, 11) is 3.34. The lowest BCUT2D eigenvalue weighted by Crippen LogP contribution is -2.52. The number of carbonyl (C=O) groups is 3. The molecule has 0 radical (unpaired) electrons. The topological polar surface area (TPSA) is 132 Å². The molecule has 6 rings (SSSR count). The average molecular weight is 472 g/mol. The van der Waals surface area contributed by atoms with Gasteiger partial charge in [0.1, 0.15) is 17.0 Å². The fourth-order valence-corrected chi connectivity index (χ4v) is 4.64. The highest BCUT2D eigenvalue weighted by Crippen LogP contribution is 2.35. The van der Waals surface area contributed by atoms with Gasteiger partial charge in [-0.15, -0.1) is 0 Å². The first-order valence-corrected chi connectivity index (χ1v) is 10.9. The molecule has 0 spiro atoms. The van der Waals surface area contributed by atoms with Crippen molar-refractivity contribution in [3.8, 4) is 17.1 Å². The molecule has 5 heterocycles. The van der Waals surface area contributed by atoms with Gasteiger partial charge in [-0.1, -0.05) is 6.07 Å². The summed E-state index contributed by atoms with van der Waals surface area (Å²) in [4.78, 5) is 44.7. The molecule has 0 bridgehead atoms. The second kappa shape index (κ2) is 7.42. The molecule has 4 amide bonds. The van der Waals surface area contributed by atoms with E-state index in [2.05, 4.69) is 20.7 Å². The lowest BCUT2D eigenvalue weighted by atomic mass is 9.95. The van der Waals surface area contributed by atoms with Gasteiger partial charge in [-0.05, 0) is 35.9 Å². The molecule has 35 heavy (non-hydrogen) atoms. The van der Waals surface area contributed by atoms with Gasteiger partial charge in [0.25, 0.3) is 11.8 Å². The van der Waals surface area contributed by atoms with E-state index in [-0.39, 0.29) is 24.8 Å². The summed E-state index contributed by atoms with van der Waals surface area (Å²) in [6.45, 7) is 0.168. The lowest BCUT2D eigenvalue weighted by molar-refractivity contribution is -0.125. The first-order valence-electron chi connectivity index (χ1n) is 10.9. The van der Waals surface area contributed by atoms with Crippen molar-refractivity contribution in [3.63, 3.8) is 0 Å². The van der Waals surface area contributed by atoms with Gasteiger partial charge >= 0.3 is 6.03 Å². The van der Waals surface area contributed by atoms with Crippen LogP contribution in [0.2, 0.25) is 0 Å². The van der Waals surface area contributed by atoms with Gasteiger partial charge in [-0.25, -0.2) is 9.78 Å². The lowest BCUT2D eigenvalue weighted by Gasteiger charge is -2.28. The van der Waals surface area contributed by atoms with Crippen molar-refractivity contribution < 1.29 is 23.5 Å². The van der Waals surface area contributed by atoms with Crippen LogP contribution in [-0.4, -0.2) is 51.2 Å². The van der Waals surface area contributed by atoms with E-state index in [0.29, 0.717) is 28.1 Å². The summed E-state index contributed by atoms with van der Waals surface area (Å²) in [5.41, 5.74) is 2.14. The third-order valence-electron chi connectivity index (χ3n) is 6.44. The first kappa shape index (κ1) is 20.9. The Kier molecular flexibility index (Phi) is 4.43. The fraction of sp³-hybridized carbons (Fsp3) is 0.208. The van der Waals surface area contributed by atoms with Crippen molar-refractivity contribution in [3.05, 3.63) is 65.5 Å². The second-order valence-corrected chi connectivity index (χ2v) is 8.53. The molecule has 0 aliphatic carbocycles. The summed E-state index contributed by atoms with van der Waals surface area (Å²) in [5.74, 6) is -0.116. The molecule has 2 aliphatic rings. The summed E-state index contributed by atoms with van der Waals surface area (Å²) >= 11 is 0. The predicted octanol–water partition coefficient (Wildman–Crippen LogP) is 1.93. The van der Waals surface area contributed by atoms with Crippen LogP contribution in [0.5, 0.6) is 5.75 Å². The van der Waals surface area contributed by atoms with Crippen LogP contribution >= 0.6 is 0 Å². The van der Waals surface area contributed by atoms with E-state index in [1.807, 2.05) is 19.2 Å². The van der Waals surface area contributed by atoms with E-state index in [1.54, 1.807) is 41.2 Å². The molecule has 4 aromatic rings. The summed E-state index contributed by atoms with van der Waals surface area (Å²) in [6, 6.07) is 11.6. The molecule has 0 saturated carbocycles. The quantitative estimate of drug-likeness (QED) is 0.424. The van der Waals surface area contributed by atoms with Crippen LogP contribution < -0.4 is 15.4 Å². The monoisotopic (exact) mass is 472 g/mol. The highest BCUT2D eigenvalue weighted by atomic mass is 16.5. The van der Waals surface area contributed by atoms with E-state index in [4.69, 9.17) is 9.15 Å². The zero-order valence-corrected chi connectivity index (χ0v) is 18.9. The molecule has 3 aromatic heterocycles. The molecule has 1 atom stereocenters. The maximum absolute atomic E-state index is 13.2. The largest absolute Gasteiger partial charge is 0.497 e. The number of benzene rings is 1. The number of pyridine rings is 1. The van der Waals surface area contributed by atoms with Gasteiger partial charge in [-0.3, -0.25) is 19.6 Å². The number of aryl methyl sites for hydroxylation is 1. The minimum Gasteiger partial charge on any atom is -0.497 e. The van der Waals surface area contributed by atoms with Crippen LogP contribution in [0.1, 0.15) is 21.7 Å². The number of ether oxygens (including phenoxy) is 1. The first-order chi connectivity index (χ1) is 16.9. The number of methoxy groups -OCH3 is 1. The van der Waals surface area contributed by atoms with Crippen LogP contribution in [0, 0.1) is 0 Å². The molecule has 1 saturated heterocycles. The van der Waals surface area contributed by atoms with Crippen LogP contribution in [0.25, 0.3) is 22.5 Å². The number of furan rings is 1. The van der Waals surface area contributed by atoms with Gasteiger partial charge in [0.15, 0.2) is 11.1 Å². The predicted molar refractivity (Wildman–Crippen MR) is 122 cm³/mol. The van der Waals surface area contributed by atoms with E-state index >= 15 is 0 Å². The highest BCUT2D eigenvalue weighted by Gasteiger charge is 2.53. The number of hydrogen-bond acceptors (Lipinski definition) is 7. The molecule has 1 aromatic carbocycles. The Morgan fingerprint density at radius 1 is 1.14 bits per heavy atom. The number of aromatic nitrogens is 3.